The topological polar surface area (TPSA) is 46.4 Å². The van der Waals surface area contributed by atoms with E-state index in [9.17, 15) is 0 Å². The number of piperidine rings is 1. The maximum absolute atomic E-state index is 5.46. The lowest BCUT2D eigenvalue weighted by Crippen LogP contribution is -2.37. The first kappa shape index (κ1) is 17.5. The summed E-state index contributed by atoms with van der Waals surface area (Å²) in [6.07, 6.45) is 3.53. The molecule has 1 aromatic carbocycles. The number of hydrogen-bond acceptors (Lipinski definition) is 5. The quantitative estimate of drug-likeness (QED) is 0.702. The van der Waals surface area contributed by atoms with Crippen LogP contribution in [0.5, 0.6) is 0 Å². The van der Waals surface area contributed by atoms with Crippen molar-refractivity contribution < 1.29 is 4.74 Å². The number of ether oxygens (including phenoxy) is 1. The maximum atomic E-state index is 5.46. The third-order valence-corrected chi connectivity index (χ3v) is 6.38. The Balaban J connectivity index is 1.34. The number of para-hydroxylation sites is 1. The molecule has 2 aromatic heterocycles. The van der Waals surface area contributed by atoms with Crippen molar-refractivity contribution in [2.75, 3.05) is 36.5 Å². The molecule has 0 radical (unpaired) electrons. The Kier molecular flexibility index (Phi) is 4.43. The molecule has 0 N–H and O–H groups in total. The van der Waals surface area contributed by atoms with E-state index in [0.717, 1.165) is 57.1 Å². The van der Waals surface area contributed by atoms with Crippen molar-refractivity contribution in [3.05, 3.63) is 47.7 Å². The van der Waals surface area contributed by atoms with Crippen LogP contribution in [-0.4, -0.2) is 47.6 Å². The van der Waals surface area contributed by atoms with Gasteiger partial charge in [0.05, 0.1) is 12.6 Å². The second kappa shape index (κ2) is 7.09. The Morgan fingerprint density at radius 1 is 0.929 bits per heavy atom. The van der Waals surface area contributed by atoms with Crippen molar-refractivity contribution in [2.45, 2.75) is 31.9 Å². The standard InChI is InChI=1S/C22H27N5O/c1-25-19-6-4-3-5-17(19)18-11-14-27(15-20(18)25)22-8-7-21(23-24-22)26-12-9-16(28-2)10-13-26/h3-8,16H,9-15H2,1-2H3. The first-order valence-corrected chi connectivity index (χ1v) is 10.2. The second-order valence-electron chi connectivity index (χ2n) is 7.84. The van der Waals surface area contributed by atoms with E-state index >= 15 is 0 Å². The van der Waals surface area contributed by atoms with Crippen LogP contribution >= 0.6 is 0 Å². The van der Waals surface area contributed by atoms with Gasteiger partial charge in [0.2, 0.25) is 0 Å². The molecular weight excluding hydrogens is 350 g/mol. The van der Waals surface area contributed by atoms with E-state index in [2.05, 4.69) is 68.0 Å². The minimum Gasteiger partial charge on any atom is -0.381 e. The molecule has 5 rings (SSSR count). The van der Waals surface area contributed by atoms with Crippen LogP contribution in [0.15, 0.2) is 36.4 Å². The zero-order valence-corrected chi connectivity index (χ0v) is 16.6. The van der Waals surface area contributed by atoms with Gasteiger partial charge in [-0.2, -0.15) is 0 Å². The molecule has 3 aromatic rings. The summed E-state index contributed by atoms with van der Waals surface area (Å²) in [7, 11) is 3.97. The SMILES string of the molecule is COC1CCN(c2ccc(N3CCc4c(n(C)c5ccccc45)C3)nn2)CC1. The highest BCUT2D eigenvalue weighted by Crippen LogP contribution is 2.31. The monoisotopic (exact) mass is 377 g/mol. The van der Waals surface area contributed by atoms with Crippen molar-refractivity contribution in [3.63, 3.8) is 0 Å². The molecular formula is C22H27N5O. The van der Waals surface area contributed by atoms with Gasteiger partial charge in [0.25, 0.3) is 0 Å². The number of aromatic nitrogens is 3. The number of methoxy groups -OCH3 is 1. The van der Waals surface area contributed by atoms with E-state index in [1.165, 1.54) is 22.2 Å². The normalized spacial score (nSPS) is 17.9. The van der Waals surface area contributed by atoms with Crippen LogP contribution in [-0.2, 0) is 24.8 Å². The van der Waals surface area contributed by atoms with Crippen molar-refractivity contribution in [1.82, 2.24) is 14.8 Å². The first-order chi connectivity index (χ1) is 13.7. The molecule has 6 heteroatoms. The molecule has 1 fully saturated rings. The zero-order chi connectivity index (χ0) is 19.1. The average Bonchev–Trinajstić information content (AvgIpc) is 3.06. The Hall–Kier alpha value is -2.60. The van der Waals surface area contributed by atoms with Crippen LogP contribution in [0.1, 0.15) is 24.1 Å². The molecule has 0 bridgehead atoms. The van der Waals surface area contributed by atoms with E-state index in [4.69, 9.17) is 4.74 Å². The van der Waals surface area contributed by atoms with Crippen LogP contribution in [0.2, 0.25) is 0 Å². The lowest BCUT2D eigenvalue weighted by Gasteiger charge is -2.32. The number of benzene rings is 1. The highest BCUT2D eigenvalue weighted by Gasteiger charge is 2.24. The van der Waals surface area contributed by atoms with Crippen LogP contribution in [0, 0.1) is 0 Å². The largest absolute Gasteiger partial charge is 0.381 e. The number of hydrogen-bond donors (Lipinski definition) is 0. The van der Waals surface area contributed by atoms with Crippen LogP contribution in [0.4, 0.5) is 11.6 Å². The van der Waals surface area contributed by atoms with E-state index in [1.54, 1.807) is 7.11 Å². The molecule has 4 heterocycles. The van der Waals surface area contributed by atoms with E-state index < -0.39 is 0 Å². The molecule has 146 valence electrons. The van der Waals surface area contributed by atoms with Crippen molar-refractivity contribution in [1.29, 1.82) is 0 Å². The fraction of sp³-hybridized carbons (Fsp3) is 0.455. The van der Waals surface area contributed by atoms with Crippen molar-refractivity contribution in [3.8, 4) is 0 Å². The molecule has 2 aliphatic rings. The number of nitrogens with zero attached hydrogens (tertiary/aromatic N) is 5. The average molecular weight is 377 g/mol. The smallest absolute Gasteiger partial charge is 0.151 e. The van der Waals surface area contributed by atoms with Crippen molar-refractivity contribution in [2.24, 2.45) is 7.05 Å². The van der Waals surface area contributed by atoms with E-state index in [-0.39, 0.29) is 0 Å². The van der Waals surface area contributed by atoms with Crippen molar-refractivity contribution >= 4 is 22.5 Å². The third-order valence-electron chi connectivity index (χ3n) is 6.38. The third kappa shape index (κ3) is 2.92. The lowest BCUT2D eigenvalue weighted by molar-refractivity contribution is 0.0817. The minimum absolute atomic E-state index is 0.381. The number of anilines is 2. The summed E-state index contributed by atoms with van der Waals surface area (Å²) in [5.74, 6) is 1.94. The Labute approximate surface area is 165 Å². The van der Waals surface area contributed by atoms with Crippen LogP contribution < -0.4 is 9.80 Å². The van der Waals surface area contributed by atoms with Gasteiger partial charge in [-0.3, -0.25) is 0 Å². The molecule has 0 atom stereocenters. The van der Waals surface area contributed by atoms with Crippen LogP contribution in [0.25, 0.3) is 10.9 Å². The summed E-state index contributed by atoms with van der Waals surface area (Å²) >= 11 is 0. The molecule has 2 aliphatic heterocycles. The molecule has 6 nitrogen and oxygen atoms in total. The zero-order valence-electron chi connectivity index (χ0n) is 16.6. The maximum Gasteiger partial charge on any atom is 0.151 e. The van der Waals surface area contributed by atoms with E-state index in [1.807, 2.05) is 0 Å². The van der Waals surface area contributed by atoms with Gasteiger partial charge < -0.3 is 19.1 Å². The van der Waals surface area contributed by atoms with Crippen LogP contribution in [0.3, 0.4) is 0 Å². The number of fused-ring (bicyclic) bond motifs is 3. The summed E-state index contributed by atoms with van der Waals surface area (Å²) in [4.78, 5) is 4.65. The van der Waals surface area contributed by atoms with E-state index in [0.29, 0.717) is 6.10 Å². The lowest BCUT2D eigenvalue weighted by atomic mass is 10.0. The van der Waals surface area contributed by atoms with Gasteiger partial charge in [-0.05, 0) is 43.0 Å². The van der Waals surface area contributed by atoms with Gasteiger partial charge in [-0.1, -0.05) is 18.2 Å². The molecule has 0 saturated carbocycles. The first-order valence-electron chi connectivity index (χ1n) is 10.2. The highest BCUT2D eigenvalue weighted by atomic mass is 16.5. The molecule has 0 unspecified atom stereocenters. The second-order valence-corrected chi connectivity index (χ2v) is 7.84. The Morgan fingerprint density at radius 3 is 2.36 bits per heavy atom. The highest BCUT2D eigenvalue weighted by molar-refractivity contribution is 5.86. The van der Waals surface area contributed by atoms with Gasteiger partial charge in [0.1, 0.15) is 0 Å². The summed E-state index contributed by atoms with van der Waals surface area (Å²) < 4.78 is 7.79. The number of aryl methyl sites for hydroxylation is 1. The predicted molar refractivity (Wildman–Crippen MR) is 112 cm³/mol. The molecule has 28 heavy (non-hydrogen) atoms. The predicted octanol–water partition coefficient (Wildman–Crippen LogP) is 3.15. The minimum atomic E-state index is 0.381. The molecule has 0 spiro atoms. The number of rotatable bonds is 3. The summed E-state index contributed by atoms with van der Waals surface area (Å²) in [6.45, 7) is 3.83. The van der Waals surface area contributed by atoms with Gasteiger partial charge in [-0.25, -0.2) is 0 Å². The molecule has 0 amide bonds. The Morgan fingerprint density at radius 2 is 1.64 bits per heavy atom. The summed E-state index contributed by atoms with van der Waals surface area (Å²) in [5, 5.41) is 10.5. The molecule has 1 saturated heterocycles. The van der Waals surface area contributed by atoms with Gasteiger partial charge in [-0.15, -0.1) is 10.2 Å². The summed E-state index contributed by atoms with van der Waals surface area (Å²) in [6, 6.07) is 12.9. The summed E-state index contributed by atoms with van der Waals surface area (Å²) in [5.41, 5.74) is 4.19. The van der Waals surface area contributed by atoms with Gasteiger partial charge in [0.15, 0.2) is 11.6 Å². The molecule has 0 aliphatic carbocycles. The fourth-order valence-electron chi connectivity index (χ4n) is 4.68. The van der Waals surface area contributed by atoms with Gasteiger partial charge >= 0.3 is 0 Å². The van der Waals surface area contributed by atoms with Gasteiger partial charge in [0, 0.05) is 50.4 Å². The Bertz CT molecular complexity index is 973. The fourth-order valence-corrected chi connectivity index (χ4v) is 4.68.